The molecule has 4 rings (SSSR count). The van der Waals surface area contributed by atoms with Crippen molar-refractivity contribution in [1.82, 2.24) is 5.32 Å². The summed E-state index contributed by atoms with van der Waals surface area (Å²) in [5, 5.41) is 2.25. The molecule has 182 valence electrons. The fourth-order valence-electron chi connectivity index (χ4n) is 3.71. The van der Waals surface area contributed by atoms with E-state index in [1.165, 1.54) is 6.08 Å². The van der Waals surface area contributed by atoms with Crippen molar-refractivity contribution in [2.24, 2.45) is 0 Å². The third-order valence-electron chi connectivity index (χ3n) is 5.51. The first-order valence-electron chi connectivity index (χ1n) is 11.1. The van der Waals surface area contributed by atoms with E-state index < -0.39 is 17.8 Å². The normalized spacial score (nSPS) is 14.7. The van der Waals surface area contributed by atoms with E-state index in [0.717, 1.165) is 26.1 Å². The minimum absolute atomic E-state index is 0.143. The summed E-state index contributed by atoms with van der Waals surface area (Å²) in [5.74, 6) is -0.786. The van der Waals surface area contributed by atoms with Crippen molar-refractivity contribution < 1.29 is 19.1 Å². The van der Waals surface area contributed by atoms with E-state index in [4.69, 9.17) is 4.74 Å². The number of anilines is 1. The third kappa shape index (κ3) is 5.66. The molecule has 0 aromatic heterocycles. The largest absolute Gasteiger partial charge is 0.487 e. The van der Waals surface area contributed by atoms with E-state index in [0.29, 0.717) is 34.5 Å². The Bertz CT molecular complexity index is 1380. The number of allylic oxidation sites excluding steroid dienone is 1. The van der Waals surface area contributed by atoms with E-state index in [2.05, 4.69) is 43.8 Å². The van der Waals surface area contributed by atoms with Gasteiger partial charge in [-0.2, -0.15) is 0 Å². The molecule has 1 aliphatic heterocycles. The van der Waals surface area contributed by atoms with Crippen LogP contribution in [0, 0.1) is 6.92 Å². The second-order valence-corrected chi connectivity index (χ2v) is 9.96. The van der Waals surface area contributed by atoms with Gasteiger partial charge in [0.05, 0.1) is 10.2 Å². The van der Waals surface area contributed by atoms with Gasteiger partial charge in [0, 0.05) is 4.47 Å². The molecule has 1 fully saturated rings. The number of hydrogen-bond acceptors (Lipinski definition) is 4. The molecule has 6 nitrogen and oxygen atoms in total. The number of urea groups is 1. The van der Waals surface area contributed by atoms with E-state index in [1.807, 2.05) is 37.3 Å². The summed E-state index contributed by atoms with van der Waals surface area (Å²) in [7, 11) is 0. The highest BCUT2D eigenvalue weighted by Gasteiger charge is 2.36. The Morgan fingerprint density at radius 3 is 2.36 bits per heavy atom. The average molecular weight is 610 g/mol. The average Bonchev–Trinajstić information content (AvgIpc) is 2.83. The van der Waals surface area contributed by atoms with Crippen molar-refractivity contribution in [2.45, 2.75) is 20.0 Å². The highest BCUT2D eigenvalue weighted by molar-refractivity contribution is 9.10. The van der Waals surface area contributed by atoms with E-state index in [1.54, 1.807) is 36.4 Å². The fourth-order valence-corrected chi connectivity index (χ4v) is 4.61. The first-order chi connectivity index (χ1) is 17.3. The lowest BCUT2D eigenvalue weighted by molar-refractivity contribution is -0.122. The first kappa shape index (κ1) is 25.6. The summed E-state index contributed by atoms with van der Waals surface area (Å²) in [4.78, 5) is 39.2. The standard InChI is InChI=1S/C28H22Br2N2O4/c1-3-4-20-13-19(15-24(30)25(20)36-16-18-7-9-21(29)10-8-18)14-23-26(33)31-28(35)32(27(23)34)22-11-5-17(2)6-12-22/h3,5-15H,1,4,16H2,2H3,(H,31,33,35)/b23-14+. The minimum Gasteiger partial charge on any atom is -0.487 e. The zero-order valence-corrected chi connectivity index (χ0v) is 22.6. The molecule has 1 saturated heterocycles. The molecule has 0 saturated carbocycles. The van der Waals surface area contributed by atoms with Gasteiger partial charge in [-0.15, -0.1) is 6.58 Å². The van der Waals surface area contributed by atoms with Gasteiger partial charge in [-0.3, -0.25) is 14.9 Å². The van der Waals surface area contributed by atoms with E-state index in [-0.39, 0.29) is 5.57 Å². The predicted molar refractivity (Wildman–Crippen MR) is 147 cm³/mol. The van der Waals surface area contributed by atoms with Crippen LogP contribution in [0.1, 0.15) is 22.3 Å². The van der Waals surface area contributed by atoms with Crippen molar-refractivity contribution in [3.05, 3.63) is 110 Å². The number of carbonyl (C=O) groups is 3. The zero-order chi connectivity index (χ0) is 25.8. The number of hydrogen-bond donors (Lipinski definition) is 1. The van der Waals surface area contributed by atoms with Gasteiger partial charge in [-0.1, -0.05) is 51.8 Å². The lowest BCUT2D eigenvalue weighted by Crippen LogP contribution is -2.54. The lowest BCUT2D eigenvalue weighted by atomic mass is 10.0. The Labute approximate surface area is 225 Å². The lowest BCUT2D eigenvalue weighted by Gasteiger charge is -2.26. The van der Waals surface area contributed by atoms with Crippen LogP contribution in [-0.2, 0) is 22.6 Å². The third-order valence-corrected chi connectivity index (χ3v) is 6.63. The van der Waals surface area contributed by atoms with E-state index >= 15 is 0 Å². The maximum absolute atomic E-state index is 13.2. The molecular weight excluding hydrogens is 588 g/mol. The molecule has 1 aliphatic rings. The van der Waals surface area contributed by atoms with Crippen molar-refractivity contribution in [3.63, 3.8) is 0 Å². The van der Waals surface area contributed by atoms with Crippen LogP contribution in [0.5, 0.6) is 5.75 Å². The number of rotatable bonds is 7. The van der Waals surface area contributed by atoms with E-state index in [9.17, 15) is 14.4 Å². The Morgan fingerprint density at radius 2 is 1.69 bits per heavy atom. The van der Waals surface area contributed by atoms with Crippen LogP contribution in [0.25, 0.3) is 6.08 Å². The number of imide groups is 2. The molecule has 0 atom stereocenters. The predicted octanol–water partition coefficient (Wildman–Crippen LogP) is 6.49. The van der Waals surface area contributed by atoms with Crippen LogP contribution < -0.4 is 15.0 Å². The Kier molecular flexibility index (Phi) is 7.86. The minimum atomic E-state index is -0.781. The Hall–Kier alpha value is -3.49. The molecule has 0 unspecified atom stereocenters. The fraction of sp³-hybridized carbons (Fsp3) is 0.107. The summed E-state index contributed by atoms with van der Waals surface area (Å²) < 4.78 is 7.76. The van der Waals surface area contributed by atoms with Crippen molar-refractivity contribution >= 4 is 61.5 Å². The zero-order valence-electron chi connectivity index (χ0n) is 19.4. The molecule has 1 heterocycles. The highest BCUT2D eigenvalue weighted by Crippen LogP contribution is 2.34. The molecular formula is C28H22Br2N2O4. The molecule has 3 aromatic rings. The number of amides is 4. The maximum Gasteiger partial charge on any atom is 0.335 e. The number of benzene rings is 3. The summed E-state index contributed by atoms with van der Waals surface area (Å²) in [5.41, 5.74) is 3.66. The van der Waals surface area contributed by atoms with Crippen LogP contribution in [-0.4, -0.2) is 17.8 Å². The van der Waals surface area contributed by atoms with Gasteiger partial charge < -0.3 is 4.74 Å². The number of nitrogens with one attached hydrogen (secondary N) is 1. The molecule has 4 amide bonds. The van der Waals surface area contributed by atoms with Gasteiger partial charge in [0.25, 0.3) is 11.8 Å². The van der Waals surface area contributed by atoms with Gasteiger partial charge in [0.15, 0.2) is 0 Å². The van der Waals surface area contributed by atoms with Crippen LogP contribution in [0.4, 0.5) is 10.5 Å². The Morgan fingerprint density at radius 1 is 1.00 bits per heavy atom. The molecule has 0 radical (unpaired) electrons. The molecule has 8 heteroatoms. The van der Waals surface area contributed by atoms with Crippen LogP contribution in [0.3, 0.4) is 0 Å². The number of ether oxygens (including phenoxy) is 1. The van der Waals surface area contributed by atoms with Crippen molar-refractivity contribution in [1.29, 1.82) is 0 Å². The first-order valence-corrected chi connectivity index (χ1v) is 12.6. The van der Waals surface area contributed by atoms with Crippen LogP contribution in [0.2, 0.25) is 0 Å². The van der Waals surface area contributed by atoms with Gasteiger partial charge >= 0.3 is 6.03 Å². The molecule has 1 N–H and O–H groups in total. The van der Waals surface area contributed by atoms with Crippen LogP contribution in [0.15, 0.2) is 87.8 Å². The SMILES string of the molecule is C=CCc1cc(/C=C2\C(=O)NC(=O)N(c3ccc(C)cc3)C2=O)cc(Br)c1OCc1ccc(Br)cc1. The smallest absolute Gasteiger partial charge is 0.335 e. The summed E-state index contributed by atoms with van der Waals surface area (Å²) >= 11 is 6.99. The number of halogens is 2. The second kappa shape index (κ2) is 11.1. The number of aryl methyl sites for hydroxylation is 1. The van der Waals surface area contributed by atoms with Gasteiger partial charge in [0.2, 0.25) is 0 Å². The quantitative estimate of drug-likeness (QED) is 0.189. The number of carbonyl (C=O) groups excluding carboxylic acids is 3. The number of barbiturate groups is 1. The molecule has 0 bridgehead atoms. The molecule has 0 spiro atoms. The summed E-state index contributed by atoms with van der Waals surface area (Å²) in [6.45, 7) is 6.10. The van der Waals surface area contributed by atoms with Gasteiger partial charge in [-0.25, -0.2) is 9.69 Å². The maximum atomic E-state index is 13.2. The van der Waals surface area contributed by atoms with Crippen molar-refractivity contribution in [3.8, 4) is 5.75 Å². The topological polar surface area (TPSA) is 75.7 Å². The van der Waals surface area contributed by atoms with Gasteiger partial charge in [-0.05, 0) is 88.4 Å². The monoisotopic (exact) mass is 608 g/mol. The summed E-state index contributed by atoms with van der Waals surface area (Å²) in [6, 6.07) is 17.6. The second-order valence-electron chi connectivity index (χ2n) is 8.19. The molecule has 36 heavy (non-hydrogen) atoms. The van der Waals surface area contributed by atoms with Crippen LogP contribution >= 0.6 is 31.9 Å². The molecule has 0 aliphatic carbocycles. The van der Waals surface area contributed by atoms with Gasteiger partial charge in [0.1, 0.15) is 17.9 Å². The van der Waals surface area contributed by atoms with Crippen molar-refractivity contribution in [2.75, 3.05) is 4.90 Å². The Balaban J connectivity index is 1.65. The number of nitrogens with zero attached hydrogens (tertiary/aromatic N) is 1. The summed E-state index contributed by atoms with van der Waals surface area (Å²) in [6.07, 6.45) is 3.74. The molecule has 3 aromatic carbocycles. The highest BCUT2D eigenvalue weighted by atomic mass is 79.9.